The van der Waals surface area contributed by atoms with Gasteiger partial charge < -0.3 is 15.2 Å². The summed E-state index contributed by atoms with van der Waals surface area (Å²) in [4.78, 5) is 0. The fraction of sp³-hybridized carbons (Fsp3) is 0.550. The summed E-state index contributed by atoms with van der Waals surface area (Å²) in [5.41, 5.74) is 0.928. The van der Waals surface area contributed by atoms with Crippen LogP contribution in [0, 0.1) is 17.6 Å². The quantitative estimate of drug-likeness (QED) is 0.736. The number of nitrogens with one attached hydrogen (secondary N) is 1. The molecule has 1 saturated carbocycles. The van der Waals surface area contributed by atoms with Gasteiger partial charge in [-0.1, -0.05) is 19.3 Å². The molecule has 0 aliphatic heterocycles. The molecular formula is C20H27F2N3O2. The maximum Gasteiger partial charge on any atom is 0.212 e. The molecule has 0 bridgehead atoms. The molecule has 7 heteroatoms. The number of hydrogen-bond acceptors (Lipinski definition) is 4. The molecule has 0 spiro atoms. The molecule has 1 aromatic carbocycles. The molecule has 0 saturated heterocycles. The average Bonchev–Trinajstić information content (AvgIpc) is 3.07. The van der Waals surface area contributed by atoms with Gasteiger partial charge in [0, 0.05) is 18.2 Å². The molecule has 1 unspecified atom stereocenters. The van der Waals surface area contributed by atoms with Crippen LogP contribution in [-0.2, 0) is 13.2 Å². The first-order valence-corrected chi connectivity index (χ1v) is 9.53. The fourth-order valence-electron chi connectivity index (χ4n) is 3.79. The van der Waals surface area contributed by atoms with Gasteiger partial charge in [-0.3, -0.25) is 0 Å². The average molecular weight is 379 g/mol. The molecule has 5 nitrogen and oxygen atoms in total. The van der Waals surface area contributed by atoms with Crippen molar-refractivity contribution in [1.82, 2.24) is 15.1 Å². The molecule has 148 valence electrons. The highest BCUT2D eigenvalue weighted by Gasteiger charge is 2.28. The van der Waals surface area contributed by atoms with Gasteiger partial charge in [0.1, 0.15) is 18.2 Å². The smallest absolute Gasteiger partial charge is 0.212 e. The van der Waals surface area contributed by atoms with E-state index in [9.17, 15) is 13.9 Å². The lowest BCUT2D eigenvalue weighted by molar-refractivity contribution is 0.128. The number of ether oxygens (including phenoxy) is 1. The lowest BCUT2D eigenvalue weighted by Gasteiger charge is -2.30. The molecule has 1 aliphatic carbocycles. The third-order valence-corrected chi connectivity index (χ3v) is 5.19. The Balaban J connectivity index is 1.83. The van der Waals surface area contributed by atoms with Crippen LogP contribution in [0.25, 0.3) is 0 Å². The van der Waals surface area contributed by atoms with Crippen LogP contribution in [0.4, 0.5) is 8.78 Å². The monoisotopic (exact) mass is 379 g/mol. The molecule has 1 aliphatic rings. The van der Waals surface area contributed by atoms with E-state index in [1.165, 1.54) is 6.42 Å². The normalized spacial score (nSPS) is 16.4. The lowest BCUT2D eigenvalue weighted by atomic mass is 9.84. The van der Waals surface area contributed by atoms with E-state index in [1.54, 1.807) is 10.7 Å². The summed E-state index contributed by atoms with van der Waals surface area (Å²) in [6.45, 7) is 0.424. The highest BCUT2D eigenvalue weighted by Crippen LogP contribution is 2.35. The Morgan fingerprint density at radius 1 is 1.26 bits per heavy atom. The maximum atomic E-state index is 13.9. The standard InChI is InChI=1S/C20H27F2N3O2/c1-23-11-17-10-20(27-13-15-9-16(21)7-8-18(15)22)25(24-17)19(12-26)14-5-3-2-4-6-14/h7-10,14,19,23,26H,2-6,11-13H2,1H3. The van der Waals surface area contributed by atoms with Crippen LogP contribution in [0.2, 0.25) is 0 Å². The summed E-state index contributed by atoms with van der Waals surface area (Å²) in [5, 5.41) is 17.7. The van der Waals surface area contributed by atoms with Crippen molar-refractivity contribution in [3.05, 3.63) is 47.2 Å². The molecule has 0 radical (unpaired) electrons. The summed E-state index contributed by atoms with van der Waals surface area (Å²) in [5.74, 6) is -0.216. The highest BCUT2D eigenvalue weighted by atomic mass is 19.1. The molecule has 2 aromatic rings. The van der Waals surface area contributed by atoms with Crippen LogP contribution in [0.3, 0.4) is 0 Å². The topological polar surface area (TPSA) is 59.3 Å². The SMILES string of the molecule is CNCc1cc(OCc2cc(F)ccc2F)n(C(CO)C2CCCCC2)n1. The van der Waals surface area contributed by atoms with Crippen LogP contribution >= 0.6 is 0 Å². The third kappa shape index (κ3) is 4.84. The fourth-order valence-corrected chi connectivity index (χ4v) is 3.79. The summed E-state index contributed by atoms with van der Waals surface area (Å²) < 4.78 is 34.8. The number of nitrogens with zero attached hydrogens (tertiary/aromatic N) is 2. The second kappa shape index (κ2) is 9.28. The van der Waals surface area contributed by atoms with Crippen molar-refractivity contribution >= 4 is 0 Å². The summed E-state index contributed by atoms with van der Waals surface area (Å²) >= 11 is 0. The van der Waals surface area contributed by atoms with Gasteiger partial charge >= 0.3 is 0 Å². The van der Waals surface area contributed by atoms with E-state index in [0.717, 1.165) is 49.6 Å². The van der Waals surface area contributed by atoms with E-state index in [1.807, 2.05) is 7.05 Å². The predicted octanol–water partition coefficient (Wildman–Crippen LogP) is 3.57. The molecule has 1 aromatic heterocycles. The van der Waals surface area contributed by atoms with E-state index < -0.39 is 11.6 Å². The van der Waals surface area contributed by atoms with Gasteiger partial charge in [0.2, 0.25) is 5.88 Å². The second-order valence-electron chi connectivity index (χ2n) is 7.12. The Morgan fingerprint density at radius 3 is 2.74 bits per heavy atom. The minimum absolute atomic E-state index is 0.0317. The molecule has 2 N–H and O–H groups in total. The van der Waals surface area contributed by atoms with Crippen molar-refractivity contribution in [2.24, 2.45) is 5.92 Å². The lowest BCUT2D eigenvalue weighted by Crippen LogP contribution is -2.26. The first kappa shape index (κ1) is 19.8. The summed E-state index contributed by atoms with van der Waals surface area (Å²) in [6.07, 6.45) is 5.61. The van der Waals surface area contributed by atoms with Crippen molar-refractivity contribution < 1.29 is 18.6 Å². The van der Waals surface area contributed by atoms with Crippen LogP contribution in [0.15, 0.2) is 24.3 Å². The van der Waals surface area contributed by atoms with E-state index in [4.69, 9.17) is 4.74 Å². The molecule has 1 fully saturated rings. The number of aliphatic hydroxyl groups is 1. The van der Waals surface area contributed by atoms with Gasteiger partial charge in [0.15, 0.2) is 0 Å². The van der Waals surface area contributed by atoms with Gasteiger partial charge in [-0.2, -0.15) is 5.10 Å². The largest absolute Gasteiger partial charge is 0.473 e. The summed E-state index contributed by atoms with van der Waals surface area (Å²) in [7, 11) is 1.83. The third-order valence-electron chi connectivity index (χ3n) is 5.19. The van der Waals surface area contributed by atoms with E-state index in [0.29, 0.717) is 18.3 Å². The van der Waals surface area contributed by atoms with Gasteiger partial charge in [-0.15, -0.1) is 0 Å². The zero-order valence-electron chi connectivity index (χ0n) is 15.6. The van der Waals surface area contributed by atoms with Crippen LogP contribution in [0.5, 0.6) is 5.88 Å². The number of aliphatic hydroxyl groups excluding tert-OH is 1. The number of hydrogen-bond donors (Lipinski definition) is 2. The van der Waals surface area contributed by atoms with Crippen LogP contribution in [0.1, 0.15) is 49.4 Å². The van der Waals surface area contributed by atoms with Gasteiger partial charge in [-0.05, 0) is 44.0 Å². The summed E-state index contributed by atoms with van der Waals surface area (Å²) in [6, 6.07) is 4.92. The van der Waals surface area contributed by atoms with E-state index in [-0.39, 0.29) is 24.8 Å². The number of halogens is 2. The molecule has 1 heterocycles. The number of aromatic nitrogens is 2. The molecular weight excluding hydrogens is 352 g/mol. The highest BCUT2D eigenvalue weighted by molar-refractivity contribution is 5.21. The second-order valence-corrected chi connectivity index (χ2v) is 7.12. The van der Waals surface area contributed by atoms with E-state index in [2.05, 4.69) is 10.4 Å². The Labute approximate surface area is 158 Å². The van der Waals surface area contributed by atoms with Gasteiger partial charge in [0.05, 0.1) is 18.3 Å². The minimum Gasteiger partial charge on any atom is -0.473 e. The van der Waals surface area contributed by atoms with Gasteiger partial charge in [-0.25, -0.2) is 13.5 Å². The van der Waals surface area contributed by atoms with Crippen molar-refractivity contribution in [3.8, 4) is 5.88 Å². The van der Waals surface area contributed by atoms with Crippen molar-refractivity contribution in [1.29, 1.82) is 0 Å². The number of rotatable bonds is 8. The Bertz CT molecular complexity index is 745. The molecule has 3 rings (SSSR count). The Hall–Kier alpha value is -1.99. The first-order valence-electron chi connectivity index (χ1n) is 9.53. The van der Waals surface area contributed by atoms with Gasteiger partial charge in [0.25, 0.3) is 0 Å². The van der Waals surface area contributed by atoms with E-state index >= 15 is 0 Å². The van der Waals surface area contributed by atoms with Crippen molar-refractivity contribution in [2.75, 3.05) is 13.7 Å². The van der Waals surface area contributed by atoms with Crippen LogP contribution in [-0.4, -0.2) is 28.5 Å². The van der Waals surface area contributed by atoms with Crippen molar-refractivity contribution in [2.45, 2.75) is 51.3 Å². The molecule has 1 atom stereocenters. The van der Waals surface area contributed by atoms with Crippen molar-refractivity contribution in [3.63, 3.8) is 0 Å². The Morgan fingerprint density at radius 2 is 2.04 bits per heavy atom. The Kier molecular flexibility index (Phi) is 6.79. The molecule has 27 heavy (non-hydrogen) atoms. The zero-order chi connectivity index (χ0) is 19.2. The molecule has 0 amide bonds. The number of benzene rings is 1. The predicted molar refractivity (Wildman–Crippen MR) is 98.4 cm³/mol. The minimum atomic E-state index is -0.510. The first-order chi connectivity index (χ1) is 13.1. The maximum absolute atomic E-state index is 13.9. The van der Waals surface area contributed by atoms with Crippen LogP contribution < -0.4 is 10.1 Å². The zero-order valence-corrected chi connectivity index (χ0v) is 15.6.